The van der Waals surface area contributed by atoms with Gasteiger partial charge in [0.1, 0.15) is 17.8 Å². The van der Waals surface area contributed by atoms with Crippen molar-refractivity contribution in [1.82, 2.24) is 15.2 Å². The van der Waals surface area contributed by atoms with E-state index in [-0.39, 0.29) is 34.4 Å². The van der Waals surface area contributed by atoms with Crippen LogP contribution in [0.25, 0.3) is 10.9 Å². The number of nitrogens with zero attached hydrogens (tertiary/aromatic N) is 1. The molecule has 1 fully saturated rings. The van der Waals surface area contributed by atoms with Crippen LogP contribution in [0.3, 0.4) is 0 Å². The van der Waals surface area contributed by atoms with E-state index < -0.39 is 13.7 Å². The molecule has 2 atom stereocenters. The Labute approximate surface area is 372 Å². The molecule has 328 valence electrons. The fourth-order valence-corrected chi connectivity index (χ4v) is 9.86. The molecule has 0 saturated carbocycles. The topological polar surface area (TPSA) is 139 Å². The number of fused-ring (bicyclic) bond motifs is 1. The van der Waals surface area contributed by atoms with Gasteiger partial charge in [-0.2, -0.15) is 0 Å². The summed E-state index contributed by atoms with van der Waals surface area (Å²) in [6.07, 6.45) is 0.825. The first-order chi connectivity index (χ1) is 30.2. The van der Waals surface area contributed by atoms with Gasteiger partial charge >= 0.3 is 0 Å². The number of pyridine rings is 1. The second-order valence-electron chi connectivity index (χ2n) is 18.2. The van der Waals surface area contributed by atoms with Crippen LogP contribution < -0.4 is 26.7 Å². The second kappa shape index (κ2) is 19.7. The Morgan fingerprint density at radius 3 is 2.08 bits per heavy atom. The number of ether oxygens (including phenoxy) is 1. The van der Waals surface area contributed by atoms with E-state index in [1.165, 1.54) is 0 Å². The molecule has 1 aliphatic rings. The standard InChI is InChI=1S/C52H61N5O5Si/c1-51(2,3)63(4,5)62-46(43-25-27-45(49-44(43)26-28-47(58)56-49)61-36-38-15-9-6-10-16-38)34-54-33-37-21-23-42(24-22-37)55-48(59)30-32-57-31-29-41(35-57)52(50(53)60,39-17-11-7-12-18-39)40-19-13-8-14-20-40/h6-28,41,46,54H,29-36H2,1-5H3,(H2,53,60)(H,55,59)(H,56,58)/t41-,46+/m1/s1. The number of amides is 2. The molecule has 1 aromatic heterocycles. The highest BCUT2D eigenvalue weighted by Gasteiger charge is 2.49. The van der Waals surface area contributed by atoms with Crippen LogP contribution >= 0.6 is 0 Å². The van der Waals surface area contributed by atoms with Gasteiger partial charge in [-0.25, -0.2) is 0 Å². The first-order valence-corrected chi connectivity index (χ1v) is 24.9. The van der Waals surface area contributed by atoms with E-state index in [0.717, 1.165) is 51.9 Å². The zero-order valence-electron chi connectivity index (χ0n) is 37.2. The highest BCUT2D eigenvalue weighted by Crippen LogP contribution is 2.44. The van der Waals surface area contributed by atoms with E-state index in [1.54, 1.807) is 6.07 Å². The van der Waals surface area contributed by atoms with Gasteiger partial charge in [0.25, 0.3) is 0 Å². The van der Waals surface area contributed by atoms with Gasteiger partial charge in [0.2, 0.25) is 17.4 Å². The third-order valence-corrected chi connectivity index (χ3v) is 17.5. The van der Waals surface area contributed by atoms with E-state index in [0.29, 0.717) is 50.5 Å². The first kappa shape index (κ1) is 45.2. The number of primary amides is 1. The summed E-state index contributed by atoms with van der Waals surface area (Å²) in [7, 11) is -2.24. The molecule has 11 heteroatoms. The van der Waals surface area contributed by atoms with Crippen molar-refractivity contribution >= 4 is 36.7 Å². The molecule has 7 rings (SSSR count). The molecule has 5 aromatic carbocycles. The summed E-state index contributed by atoms with van der Waals surface area (Å²) in [5.74, 6) is 0.158. The fraction of sp³-hybridized carbons (Fsp3) is 0.327. The molecular weight excluding hydrogens is 803 g/mol. The van der Waals surface area contributed by atoms with E-state index in [4.69, 9.17) is 14.9 Å². The normalized spacial score (nSPS) is 15.3. The van der Waals surface area contributed by atoms with Crippen molar-refractivity contribution in [2.75, 3.05) is 31.5 Å². The van der Waals surface area contributed by atoms with Gasteiger partial charge < -0.3 is 35.4 Å². The maximum absolute atomic E-state index is 13.5. The number of aromatic nitrogens is 1. The maximum Gasteiger partial charge on any atom is 0.248 e. The largest absolute Gasteiger partial charge is 0.487 e. The van der Waals surface area contributed by atoms with Crippen molar-refractivity contribution in [3.05, 3.63) is 178 Å². The number of hydrogen-bond acceptors (Lipinski definition) is 7. The van der Waals surface area contributed by atoms with Crippen molar-refractivity contribution in [2.45, 2.75) is 76.4 Å². The Kier molecular flexibility index (Phi) is 14.1. The number of aromatic amines is 1. The molecule has 10 nitrogen and oxygen atoms in total. The predicted octanol–water partition coefficient (Wildman–Crippen LogP) is 9.08. The van der Waals surface area contributed by atoms with Crippen molar-refractivity contribution in [2.24, 2.45) is 11.7 Å². The molecule has 1 saturated heterocycles. The average molecular weight is 864 g/mol. The van der Waals surface area contributed by atoms with Crippen molar-refractivity contribution < 1.29 is 18.8 Å². The fourth-order valence-electron chi connectivity index (χ4n) is 8.58. The maximum atomic E-state index is 13.5. The Morgan fingerprint density at radius 1 is 0.825 bits per heavy atom. The van der Waals surface area contributed by atoms with Gasteiger partial charge in [0, 0.05) is 49.7 Å². The zero-order valence-corrected chi connectivity index (χ0v) is 38.2. The molecule has 0 spiro atoms. The summed E-state index contributed by atoms with van der Waals surface area (Å²) in [5.41, 5.74) is 11.4. The van der Waals surface area contributed by atoms with E-state index in [1.807, 2.05) is 127 Å². The number of benzene rings is 5. The number of carbonyl (C=O) groups excluding carboxylic acids is 2. The summed E-state index contributed by atoms with van der Waals surface area (Å²) >= 11 is 0. The third kappa shape index (κ3) is 10.5. The number of likely N-dealkylation sites (tertiary alicyclic amines) is 1. The third-order valence-electron chi connectivity index (χ3n) is 13.0. The Hall–Kier alpha value is -5.85. The van der Waals surface area contributed by atoms with Crippen LogP contribution in [-0.4, -0.2) is 56.2 Å². The van der Waals surface area contributed by atoms with Crippen LogP contribution in [0.5, 0.6) is 5.75 Å². The first-order valence-electron chi connectivity index (χ1n) is 22.0. The summed E-state index contributed by atoms with van der Waals surface area (Å²) in [6.45, 7) is 14.7. The highest BCUT2D eigenvalue weighted by molar-refractivity contribution is 6.74. The van der Waals surface area contributed by atoms with Crippen molar-refractivity contribution in [3.63, 3.8) is 0 Å². The number of anilines is 1. The Balaban J connectivity index is 0.971. The Bertz CT molecular complexity index is 2490. The average Bonchev–Trinajstić information content (AvgIpc) is 3.75. The summed E-state index contributed by atoms with van der Waals surface area (Å²) < 4.78 is 13.4. The van der Waals surface area contributed by atoms with E-state index in [2.05, 4.69) is 60.4 Å². The SMILES string of the molecule is CC(C)(C)[Si](C)(C)O[C@@H](CNCc1ccc(NC(=O)CCN2CC[C@@H](C(C(N)=O)(c3ccccc3)c3ccccc3)C2)cc1)c1ccc(OCc2ccccc2)c2[nH]c(=O)ccc12. The van der Waals surface area contributed by atoms with Crippen LogP contribution in [0.1, 0.15) is 67.5 Å². The van der Waals surface area contributed by atoms with Gasteiger partial charge in [0.05, 0.1) is 11.6 Å². The van der Waals surface area contributed by atoms with Gasteiger partial charge in [-0.15, -0.1) is 0 Å². The second-order valence-corrected chi connectivity index (χ2v) is 23.0. The van der Waals surface area contributed by atoms with E-state index >= 15 is 0 Å². The van der Waals surface area contributed by atoms with Gasteiger partial charge in [-0.3, -0.25) is 14.4 Å². The van der Waals surface area contributed by atoms with E-state index in [9.17, 15) is 14.4 Å². The summed E-state index contributed by atoms with van der Waals surface area (Å²) in [4.78, 5) is 44.6. The molecule has 5 N–H and O–H groups in total. The zero-order chi connectivity index (χ0) is 44.6. The number of carbonyl (C=O) groups is 2. The molecule has 1 aliphatic heterocycles. The van der Waals surface area contributed by atoms with Crippen LogP contribution in [0, 0.1) is 5.92 Å². The molecule has 6 aromatic rings. The lowest BCUT2D eigenvalue weighted by atomic mass is 9.64. The molecule has 2 amide bonds. The molecule has 63 heavy (non-hydrogen) atoms. The predicted molar refractivity (Wildman–Crippen MR) is 255 cm³/mol. The summed E-state index contributed by atoms with van der Waals surface area (Å²) in [5, 5.41) is 7.57. The lowest BCUT2D eigenvalue weighted by molar-refractivity contribution is -0.124. The number of H-pyrrole nitrogens is 1. The minimum atomic E-state index is -2.24. The minimum Gasteiger partial charge on any atom is -0.487 e. The van der Waals surface area contributed by atoms with Gasteiger partial charge in [-0.1, -0.05) is 130 Å². The van der Waals surface area contributed by atoms with Crippen LogP contribution in [-0.2, 0) is 32.6 Å². The quantitative estimate of drug-likeness (QED) is 0.0633. The van der Waals surface area contributed by atoms with Crippen LogP contribution in [0.2, 0.25) is 18.1 Å². The van der Waals surface area contributed by atoms with Gasteiger partial charge in [-0.05, 0) is 89.1 Å². The smallest absolute Gasteiger partial charge is 0.248 e. The molecule has 2 heterocycles. The van der Waals surface area contributed by atoms with Crippen LogP contribution in [0.4, 0.5) is 5.69 Å². The lowest BCUT2D eigenvalue weighted by Crippen LogP contribution is -2.49. The monoisotopic (exact) mass is 863 g/mol. The summed E-state index contributed by atoms with van der Waals surface area (Å²) in [6, 6.07) is 45.0. The number of rotatable bonds is 18. The molecular formula is C52H61N5O5Si. The minimum absolute atomic E-state index is 0.0210. The van der Waals surface area contributed by atoms with Crippen molar-refractivity contribution in [1.29, 1.82) is 0 Å². The lowest BCUT2D eigenvalue weighted by Gasteiger charge is -2.39. The Morgan fingerprint density at radius 2 is 1.46 bits per heavy atom. The molecule has 0 unspecified atom stereocenters. The number of nitrogens with one attached hydrogen (secondary N) is 3. The highest BCUT2D eigenvalue weighted by atomic mass is 28.4. The number of nitrogens with two attached hydrogens (primary N) is 1. The van der Waals surface area contributed by atoms with Gasteiger partial charge in [0.15, 0.2) is 8.32 Å². The molecule has 0 aliphatic carbocycles. The van der Waals surface area contributed by atoms with Crippen molar-refractivity contribution in [3.8, 4) is 5.75 Å². The molecule has 0 bridgehead atoms. The van der Waals surface area contributed by atoms with Crippen LogP contribution in [0.15, 0.2) is 144 Å². The molecule has 0 radical (unpaired) electrons. The number of hydrogen-bond donors (Lipinski definition) is 4.